The van der Waals surface area contributed by atoms with E-state index in [-0.39, 0.29) is 28.9 Å². The minimum Gasteiger partial charge on any atom is -0.399 e. The second-order valence-electron chi connectivity index (χ2n) is 18.2. The first-order chi connectivity index (χ1) is 32.1. The molecule has 12 rings (SSSR count). The van der Waals surface area contributed by atoms with Crippen molar-refractivity contribution in [3.8, 4) is 100 Å². The van der Waals surface area contributed by atoms with Crippen LogP contribution in [0.5, 0.6) is 0 Å². The van der Waals surface area contributed by atoms with E-state index in [1.165, 1.54) is 61.2 Å². The average Bonchev–Trinajstić information content (AvgIpc) is 3.58. The molecule has 6 heteroatoms. The van der Waals surface area contributed by atoms with Crippen LogP contribution in [0.1, 0.15) is 27.7 Å². The van der Waals surface area contributed by atoms with E-state index < -0.39 is 0 Å². The number of benzene rings is 9. The van der Waals surface area contributed by atoms with E-state index in [9.17, 15) is 10.1 Å². The number of rotatable bonds is 3. The van der Waals surface area contributed by atoms with Gasteiger partial charge in [0.25, 0.3) is 5.69 Å². The van der Waals surface area contributed by atoms with Gasteiger partial charge in [-0.25, -0.2) is 0 Å². The lowest BCUT2D eigenvalue weighted by atomic mass is 9.74. The second-order valence-corrected chi connectivity index (χ2v) is 18.2. The minimum atomic E-state index is -0.388. The van der Waals surface area contributed by atoms with Crippen molar-refractivity contribution in [3.05, 3.63) is 216 Å². The van der Waals surface area contributed by atoms with Crippen LogP contribution < -0.4 is 5.46 Å². The van der Waals surface area contributed by atoms with Gasteiger partial charge in [-0.15, -0.1) is 0 Å². The zero-order chi connectivity index (χ0) is 45.2. The molecule has 5 nitrogen and oxygen atoms in total. The number of para-hydroxylation sites is 1. The highest BCUT2D eigenvalue weighted by Gasteiger charge is 2.51. The first-order valence-electron chi connectivity index (χ1n) is 22.5. The number of hydrogen-bond acceptors (Lipinski definition) is 4. The zero-order valence-corrected chi connectivity index (χ0v) is 37.3. The van der Waals surface area contributed by atoms with Gasteiger partial charge in [-0.3, -0.25) is 10.1 Å². The van der Waals surface area contributed by atoms with Crippen LogP contribution in [0.25, 0.3) is 100 Å². The molecule has 0 atom stereocenters. The summed E-state index contributed by atoms with van der Waals surface area (Å²) in [5, 5.41) is 11.7. The van der Waals surface area contributed by atoms with Crippen LogP contribution in [0, 0.1) is 10.1 Å². The van der Waals surface area contributed by atoms with Crippen LogP contribution in [-0.4, -0.2) is 23.2 Å². The Kier molecular flexibility index (Phi) is 10.0. The van der Waals surface area contributed by atoms with Crippen molar-refractivity contribution in [2.24, 2.45) is 0 Å². The molecule has 0 N–H and O–H groups in total. The molecule has 66 heavy (non-hydrogen) atoms. The van der Waals surface area contributed by atoms with E-state index >= 15 is 0 Å². The van der Waals surface area contributed by atoms with E-state index in [0.717, 1.165) is 38.8 Å². The van der Waals surface area contributed by atoms with Gasteiger partial charge >= 0.3 is 7.12 Å². The Balaban J connectivity index is 0.000000146. The van der Waals surface area contributed by atoms with Crippen LogP contribution >= 0.6 is 0 Å². The van der Waals surface area contributed by atoms with Gasteiger partial charge in [0.15, 0.2) is 0 Å². The Morgan fingerprint density at radius 3 is 0.970 bits per heavy atom. The monoisotopic (exact) mass is 855 g/mol. The molecule has 1 fully saturated rings. The molecule has 9 aromatic carbocycles. The summed E-state index contributed by atoms with van der Waals surface area (Å²) in [5.41, 5.74) is 21.0. The summed E-state index contributed by atoms with van der Waals surface area (Å²) < 4.78 is 12.8. The molecule has 1 heterocycles. The fraction of sp³-hybridized carbons (Fsp3) is 0.100. The van der Waals surface area contributed by atoms with Crippen LogP contribution in [-0.2, 0) is 9.31 Å². The molecule has 1 saturated heterocycles. The molecule has 9 aromatic rings. The summed E-state index contributed by atoms with van der Waals surface area (Å²) in [6.07, 6.45) is 0. The lowest BCUT2D eigenvalue weighted by Crippen LogP contribution is -2.41. The van der Waals surface area contributed by atoms with Crippen LogP contribution in [0.2, 0.25) is 0 Å². The van der Waals surface area contributed by atoms with Gasteiger partial charge in [0.05, 0.1) is 21.7 Å². The molecule has 318 valence electrons. The van der Waals surface area contributed by atoms with Crippen molar-refractivity contribution in [3.63, 3.8) is 0 Å². The maximum Gasteiger partial charge on any atom is 0.494 e. The largest absolute Gasteiger partial charge is 0.494 e. The standard InChI is InChI=1S/C30H27BO2.C30H19NO2/c1-29(2)30(3,4)33-31(32-29)20-17-18-27-25-15-8-7-13-23(25)21-11-5-6-12-22(21)24-14-9-10-16-26(24)28(27)19-20;32-31(33)30-16-8-7-9-21(30)20-17-18-28-26-14-4-3-12-24(26)22-10-1-2-11-23(22)25-13-5-6-15-27(25)29(28)19-20/h5-19H,1-4H3;1-19H. The Morgan fingerprint density at radius 2 is 0.621 bits per heavy atom. The summed E-state index contributed by atoms with van der Waals surface area (Å²) in [7, 11) is -0.388. The van der Waals surface area contributed by atoms with Crippen molar-refractivity contribution in [1.29, 1.82) is 0 Å². The number of fused-ring (bicyclic) bond motifs is 16. The number of nitrogens with zero attached hydrogens (tertiary/aromatic N) is 1. The van der Waals surface area contributed by atoms with Crippen molar-refractivity contribution >= 4 is 18.3 Å². The molecule has 1 aliphatic heterocycles. The lowest BCUT2D eigenvalue weighted by Gasteiger charge is -2.32. The van der Waals surface area contributed by atoms with E-state index in [0.29, 0.717) is 5.56 Å². The van der Waals surface area contributed by atoms with Crippen molar-refractivity contribution in [2.45, 2.75) is 38.9 Å². The molecule has 0 saturated carbocycles. The SMILES string of the molecule is CC1(C)OB(c2ccc3c(c2)-c2ccccc2-c2ccccc2-c2ccccc2-3)OC1(C)C.O=[N+]([O-])c1ccccc1-c1ccc2c(c1)-c1ccccc1-c1ccccc1-c1ccccc1-2. The third-order valence-corrected chi connectivity index (χ3v) is 13.9. The molecule has 3 aliphatic rings. The summed E-state index contributed by atoms with van der Waals surface area (Å²) in [5.74, 6) is 0. The van der Waals surface area contributed by atoms with Gasteiger partial charge in [0.2, 0.25) is 0 Å². The van der Waals surface area contributed by atoms with Crippen molar-refractivity contribution in [1.82, 2.24) is 0 Å². The van der Waals surface area contributed by atoms with Gasteiger partial charge in [-0.2, -0.15) is 0 Å². The second kappa shape index (κ2) is 16.1. The molecule has 0 spiro atoms. The molecule has 2 aliphatic carbocycles. The molecule has 0 aromatic heterocycles. The van der Waals surface area contributed by atoms with Gasteiger partial charge < -0.3 is 9.31 Å². The fourth-order valence-electron chi connectivity index (χ4n) is 9.91. The van der Waals surface area contributed by atoms with Crippen LogP contribution in [0.4, 0.5) is 5.69 Å². The molecule has 0 unspecified atom stereocenters. The van der Waals surface area contributed by atoms with E-state index in [4.69, 9.17) is 9.31 Å². The normalized spacial score (nSPS) is 14.3. The van der Waals surface area contributed by atoms with E-state index in [1.54, 1.807) is 12.1 Å². The van der Waals surface area contributed by atoms with Crippen molar-refractivity contribution < 1.29 is 14.2 Å². The van der Waals surface area contributed by atoms with Crippen LogP contribution in [0.3, 0.4) is 0 Å². The molecule has 0 amide bonds. The van der Waals surface area contributed by atoms with Gasteiger partial charge in [-0.1, -0.05) is 188 Å². The fourth-order valence-corrected chi connectivity index (χ4v) is 9.91. The third kappa shape index (κ3) is 6.89. The molecular weight excluding hydrogens is 809 g/mol. The predicted octanol–water partition coefficient (Wildman–Crippen LogP) is 15.2. The van der Waals surface area contributed by atoms with Gasteiger partial charge in [0.1, 0.15) is 0 Å². The molecule has 0 bridgehead atoms. The first kappa shape index (κ1) is 41.1. The Hall–Kier alpha value is -7.64. The maximum atomic E-state index is 11.7. The molecule has 0 radical (unpaired) electrons. The zero-order valence-electron chi connectivity index (χ0n) is 37.3. The summed E-state index contributed by atoms with van der Waals surface area (Å²) in [6, 6.07) is 71.3. The Bertz CT molecular complexity index is 3360. The highest BCUT2D eigenvalue weighted by molar-refractivity contribution is 6.62. The smallest absolute Gasteiger partial charge is 0.399 e. The first-order valence-corrected chi connectivity index (χ1v) is 22.5. The maximum absolute atomic E-state index is 11.7. The topological polar surface area (TPSA) is 61.6 Å². The van der Waals surface area contributed by atoms with Gasteiger partial charge in [-0.05, 0) is 140 Å². The Morgan fingerprint density at radius 1 is 0.348 bits per heavy atom. The van der Waals surface area contributed by atoms with Crippen molar-refractivity contribution in [2.75, 3.05) is 0 Å². The third-order valence-electron chi connectivity index (χ3n) is 13.9. The van der Waals surface area contributed by atoms with Crippen LogP contribution in [0.15, 0.2) is 206 Å². The predicted molar refractivity (Wildman–Crippen MR) is 271 cm³/mol. The van der Waals surface area contributed by atoms with Gasteiger partial charge in [0, 0.05) is 6.07 Å². The molecular formula is C60H46BNO4. The summed E-state index contributed by atoms with van der Waals surface area (Å²) >= 11 is 0. The van der Waals surface area contributed by atoms with E-state index in [2.05, 4.69) is 204 Å². The summed E-state index contributed by atoms with van der Waals surface area (Å²) in [4.78, 5) is 11.4. The highest BCUT2D eigenvalue weighted by Crippen LogP contribution is 2.50. The lowest BCUT2D eigenvalue weighted by molar-refractivity contribution is -0.384. The Labute approximate surface area is 386 Å². The number of nitro benzene ring substituents is 1. The quantitative estimate of drug-likeness (QED) is 0.101. The summed E-state index contributed by atoms with van der Waals surface area (Å²) in [6.45, 7) is 8.40. The number of nitro groups is 1. The highest BCUT2D eigenvalue weighted by atomic mass is 16.7. The number of hydrogen-bond donors (Lipinski definition) is 0. The average molecular weight is 856 g/mol. The van der Waals surface area contributed by atoms with E-state index in [1.807, 2.05) is 18.2 Å². The minimum absolute atomic E-state index is 0.113.